The first kappa shape index (κ1) is 24.6. The third-order valence-electron chi connectivity index (χ3n) is 5.62. The molecule has 0 bridgehead atoms. The number of rotatable bonds is 10. The summed E-state index contributed by atoms with van der Waals surface area (Å²) in [4.78, 5) is 14.8. The Morgan fingerprint density at radius 2 is 1.75 bits per heavy atom. The molecule has 1 amide bonds. The third kappa shape index (κ3) is 7.80. The molecule has 1 aliphatic heterocycles. The van der Waals surface area contributed by atoms with Crippen LogP contribution in [0.15, 0.2) is 48.5 Å². The highest BCUT2D eigenvalue weighted by Crippen LogP contribution is 2.21. The Morgan fingerprint density at radius 3 is 2.44 bits per heavy atom. The van der Waals surface area contributed by atoms with Crippen LogP contribution in [0.3, 0.4) is 0 Å². The summed E-state index contributed by atoms with van der Waals surface area (Å²) in [6.07, 6.45) is 5.71. The summed E-state index contributed by atoms with van der Waals surface area (Å²) in [6.45, 7) is 3.97. The molecular formula is C24H32ClN3O3S. The molecule has 1 fully saturated rings. The Hall–Kier alpha value is -2.09. The molecule has 1 heterocycles. The number of likely N-dealkylation sites (tertiary alicyclic amines) is 1. The predicted octanol–water partition coefficient (Wildman–Crippen LogP) is 4.19. The van der Waals surface area contributed by atoms with Crippen molar-refractivity contribution in [2.75, 3.05) is 30.2 Å². The van der Waals surface area contributed by atoms with Crippen LogP contribution in [-0.2, 0) is 27.9 Å². The molecule has 0 unspecified atom stereocenters. The van der Waals surface area contributed by atoms with Crippen molar-refractivity contribution in [3.63, 3.8) is 0 Å². The number of sulfonamides is 1. The minimum absolute atomic E-state index is 0.0870. The quantitative estimate of drug-likeness (QED) is 0.557. The van der Waals surface area contributed by atoms with Crippen molar-refractivity contribution in [2.24, 2.45) is 0 Å². The van der Waals surface area contributed by atoms with E-state index in [9.17, 15) is 13.2 Å². The van der Waals surface area contributed by atoms with Crippen LogP contribution in [-0.4, -0.2) is 45.1 Å². The summed E-state index contributed by atoms with van der Waals surface area (Å²) >= 11 is 5.90. The van der Waals surface area contributed by atoms with E-state index in [-0.39, 0.29) is 18.9 Å². The maximum absolute atomic E-state index is 12.3. The van der Waals surface area contributed by atoms with Gasteiger partial charge in [0.25, 0.3) is 0 Å². The number of hydrogen-bond acceptors (Lipinski definition) is 4. The zero-order chi connectivity index (χ0) is 23.0. The van der Waals surface area contributed by atoms with Crippen LogP contribution in [0.5, 0.6) is 0 Å². The third-order valence-corrected chi connectivity index (χ3v) is 7.06. The summed E-state index contributed by atoms with van der Waals surface area (Å²) in [7, 11) is -3.45. The average Bonchev–Trinajstić information content (AvgIpc) is 2.76. The van der Waals surface area contributed by atoms with Gasteiger partial charge < -0.3 is 5.32 Å². The smallest absolute Gasteiger partial charge is 0.232 e. The van der Waals surface area contributed by atoms with Crippen molar-refractivity contribution in [1.29, 1.82) is 0 Å². The highest BCUT2D eigenvalue weighted by Gasteiger charge is 2.17. The van der Waals surface area contributed by atoms with Gasteiger partial charge in [-0.25, -0.2) is 8.42 Å². The van der Waals surface area contributed by atoms with Crippen LogP contribution in [0.1, 0.15) is 43.2 Å². The van der Waals surface area contributed by atoms with Gasteiger partial charge in [0.1, 0.15) is 0 Å². The monoisotopic (exact) mass is 477 g/mol. The molecule has 2 aromatic rings. The van der Waals surface area contributed by atoms with Crippen molar-refractivity contribution in [3.8, 4) is 0 Å². The standard InChI is InChI=1S/C24H32ClN3O3S/c1-32(30,31)28(23-12-10-22(25)11-13-23)16-6-9-24(29)26-18-20-7-5-8-21(17-20)19-27-14-3-2-4-15-27/h5,7-8,10-13,17H,2-4,6,9,14-16,18-19H2,1H3,(H,26,29). The van der Waals surface area contributed by atoms with Crippen LogP contribution in [0.25, 0.3) is 0 Å². The second-order valence-corrected chi connectivity index (χ2v) is 10.7. The van der Waals surface area contributed by atoms with Gasteiger partial charge in [0.15, 0.2) is 0 Å². The lowest BCUT2D eigenvalue weighted by molar-refractivity contribution is -0.121. The number of hydrogen-bond donors (Lipinski definition) is 1. The van der Waals surface area contributed by atoms with E-state index in [0.717, 1.165) is 25.2 Å². The lowest BCUT2D eigenvalue weighted by Crippen LogP contribution is -2.32. The molecule has 0 spiro atoms. The number of carbonyl (C=O) groups excluding carboxylic acids is 1. The number of nitrogens with one attached hydrogen (secondary N) is 1. The van der Waals surface area contributed by atoms with Crippen LogP contribution in [0.2, 0.25) is 5.02 Å². The normalized spacial score (nSPS) is 14.8. The highest BCUT2D eigenvalue weighted by molar-refractivity contribution is 7.92. The van der Waals surface area contributed by atoms with E-state index in [1.807, 2.05) is 12.1 Å². The number of benzene rings is 2. The summed E-state index contributed by atoms with van der Waals surface area (Å²) in [6, 6.07) is 15.0. The van der Waals surface area contributed by atoms with Crippen molar-refractivity contribution in [2.45, 2.75) is 45.2 Å². The average molecular weight is 478 g/mol. The molecule has 6 nitrogen and oxygen atoms in total. The fourth-order valence-electron chi connectivity index (χ4n) is 3.98. The summed E-state index contributed by atoms with van der Waals surface area (Å²) in [5, 5.41) is 3.49. The van der Waals surface area contributed by atoms with Gasteiger partial charge in [0.2, 0.25) is 15.9 Å². The first-order chi connectivity index (χ1) is 15.3. The van der Waals surface area contributed by atoms with E-state index in [4.69, 9.17) is 11.6 Å². The number of amides is 1. The summed E-state index contributed by atoms with van der Waals surface area (Å²) < 4.78 is 25.6. The second kappa shape index (κ2) is 11.7. The Bertz CT molecular complexity index is 990. The molecule has 8 heteroatoms. The van der Waals surface area contributed by atoms with E-state index in [0.29, 0.717) is 23.7 Å². The Morgan fingerprint density at radius 1 is 1.06 bits per heavy atom. The largest absolute Gasteiger partial charge is 0.352 e. The summed E-state index contributed by atoms with van der Waals surface area (Å²) in [5.74, 6) is -0.0870. The number of halogens is 1. The van der Waals surface area contributed by atoms with Crippen LogP contribution >= 0.6 is 11.6 Å². The van der Waals surface area contributed by atoms with Crippen molar-refractivity contribution in [3.05, 3.63) is 64.7 Å². The molecule has 1 saturated heterocycles. The van der Waals surface area contributed by atoms with E-state index in [1.54, 1.807) is 24.3 Å². The van der Waals surface area contributed by atoms with Crippen LogP contribution < -0.4 is 9.62 Å². The molecule has 1 N–H and O–H groups in total. The molecule has 0 aliphatic carbocycles. The molecule has 32 heavy (non-hydrogen) atoms. The van der Waals surface area contributed by atoms with Crippen molar-refractivity contribution >= 4 is 33.2 Å². The van der Waals surface area contributed by atoms with Crippen molar-refractivity contribution in [1.82, 2.24) is 10.2 Å². The zero-order valence-corrected chi connectivity index (χ0v) is 20.2. The molecule has 1 aliphatic rings. The fraction of sp³-hybridized carbons (Fsp3) is 0.458. The summed E-state index contributed by atoms with van der Waals surface area (Å²) in [5.41, 5.74) is 2.89. The molecule has 2 aromatic carbocycles. The number of piperidine rings is 1. The van der Waals surface area contributed by atoms with Gasteiger partial charge in [-0.15, -0.1) is 0 Å². The Balaban J connectivity index is 1.46. The van der Waals surface area contributed by atoms with Gasteiger partial charge in [-0.05, 0) is 67.7 Å². The maximum Gasteiger partial charge on any atom is 0.232 e. The Labute approximate surface area is 196 Å². The molecule has 0 radical (unpaired) electrons. The Kier molecular flexibility index (Phi) is 8.96. The van der Waals surface area contributed by atoms with Crippen molar-refractivity contribution < 1.29 is 13.2 Å². The first-order valence-electron chi connectivity index (χ1n) is 11.1. The maximum atomic E-state index is 12.3. The molecule has 0 aromatic heterocycles. The fourth-order valence-corrected chi connectivity index (χ4v) is 5.07. The van der Waals surface area contributed by atoms with Gasteiger partial charge in [0, 0.05) is 31.1 Å². The SMILES string of the molecule is CS(=O)(=O)N(CCCC(=O)NCc1cccc(CN2CCCCC2)c1)c1ccc(Cl)cc1. The van der Waals surface area contributed by atoms with Gasteiger partial charge in [-0.1, -0.05) is 42.3 Å². The van der Waals surface area contributed by atoms with Gasteiger partial charge >= 0.3 is 0 Å². The molecule has 0 saturated carbocycles. The number of anilines is 1. The van der Waals surface area contributed by atoms with Gasteiger partial charge in [-0.3, -0.25) is 14.0 Å². The molecule has 174 valence electrons. The van der Waals surface area contributed by atoms with Gasteiger partial charge in [0.05, 0.1) is 11.9 Å². The molecular weight excluding hydrogens is 446 g/mol. The van der Waals surface area contributed by atoms with E-state index in [1.165, 1.54) is 35.4 Å². The highest BCUT2D eigenvalue weighted by atomic mass is 35.5. The minimum Gasteiger partial charge on any atom is -0.352 e. The zero-order valence-electron chi connectivity index (χ0n) is 18.6. The van der Waals surface area contributed by atoms with E-state index >= 15 is 0 Å². The topological polar surface area (TPSA) is 69.7 Å². The number of carbonyl (C=O) groups is 1. The molecule has 3 rings (SSSR count). The van der Waals surface area contributed by atoms with Crippen LogP contribution in [0.4, 0.5) is 5.69 Å². The van der Waals surface area contributed by atoms with E-state index < -0.39 is 10.0 Å². The van der Waals surface area contributed by atoms with E-state index in [2.05, 4.69) is 22.3 Å². The van der Waals surface area contributed by atoms with Gasteiger partial charge in [-0.2, -0.15) is 0 Å². The lowest BCUT2D eigenvalue weighted by atomic mass is 10.1. The van der Waals surface area contributed by atoms with Crippen LogP contribution in [0, 0.1) is 0 Å². The first-order valence-corrected chi connectivity index (χ1v) is 13.3. The molecule has 0 atom stereocenters. The predicted molar refractivity (Wildman–Crippen MR) is 130 cm³/mol. The number of nitrogens with zero attached hydrogens (tertiary/aromatic N) is 2. The second-order valence-electron chi connectivity index (χ2n) is 8.35. The minimum atomic E-state index is -3.45. The lowest BCUT2D eigenvalue weighted by Gasteiger charge is -2.26.